The van der Waals surface area contributed by atoms with E-state index >= 15 is 0 Å². The van der Waals surface area contributed by atoms with Gasteiger partial charge in [-0.15, -0.1) is 0 Å². The van der Waals surface area contributed by atoms with Crippen LogP contribution in [0.3, 0.4) is 0 Å². The topological polar surface area (TPSA) is 97.3 Å². The van der Waals surface area contributed by atoms with Gasteiger partial charge in [0.1, 0.15) is 5.75 Å². The number of methoxy groups -OCH3 is 1. The van der Waals surface area contributed by atoms with Crippen molar-refractivity contribution in [1.29, 1.82) is 0 Å². The maximum absolute atomic E-state index is 12.7. The second-order valence-corrected chi connectivity index (χ2v) is 5.80. The predicted octanol–water partition coefficient (Wildman–Crippen LogP) is 1.14. The van der Waals surface area contributed by atoms with E-state index in [2.05, 4.69) is 10.3 Å². The highest BCUT2D eigenvalue weighted by Crippen LogP contribution is 2.24. The van der Waals surface area contributed by atoms with Crippen LogP contribution in [0.15, 0.2) is 29.3 Å². The smallest absolute Gasteiger partial charge is 0.335 e. The molecule has 8 nitrogen and oxygen atoms in total. The first-order valence-corrected chi connectivity index (χ1v) is 8.04. The molecule has 4 amide bonds. The Morgan fingerprint density at radius 3 is 2.96 bits per heavy atom. The molecule has 25 heavy (non-hydrogen) atoms. The molecule has 132 valence electrons. The minimum absolute atomic E-state index is 0.0223. The van der Waals surface area contributed by atoms with Crippen LogP contribution in [-0.4, -0.2) is 50.4 Å². The zero-order valence-corrected chi connectivity index (χ0v) is 13.8. The molecule has 0 radical (unpaired) electrons. The maximum Gasteiger partial charge on any atom is 0.335 e. The molecule has 8 heteroatoms. The van der Waals surface area contributed by atoms with Gasteiger partial charge >= 0.3 is 6.03 Å². The first-order chi connectivity index (χ1) is 12.1. The van der Waals surface area contributed by atoms with Gasteiger partial charge in [-0.25, -0.2) is 9.69 Å². The van der Waals surface area contributed by atoms with Crippen molar-refractivity contribution >= 4 is 29.7 Å². The molecule has 2 saturated heterocycles. The van der Waals surface area contributed by atoms with Gasteiger partial charge in [-0.3, -0.25) is 19.9 Å². The molecule has 2 fully saturated rings. The first-order valence-electron chi connectivity index (χ1n) is 8.04. The summed E-state index contributed by atoms with van der Waals surface area (Å²) in [6.45, 7) is 1.10. The van der Waals surface area contributed by atoms with E-state index in [0.29, 0.717) is 24.6 Å². The van der Waals surface area contributed by atoms with Crippen molar-refractivity contribution in [2.45, 2.75) is 18.9 Å². The summed E-state index contributed by atoms with van der Waals surface area (Å²) in [7, 11) is 1.49. The molecule has 0 unspecified atom stereocenters. The molecule has 0 spiro atoms. The van der Waals surface area contributed by atoms with Crippen molar-refractivity contribution in [3.8, 4) is 5.75 Å². The monoisotopic (exact) mass is 345 g/mol. The molecule has 1 aromatic rings. The van der Waals surface area contributed by atoms with Crippen LogP contribution in [0, 0.1) is 5.92 Å². The van der Waals surface area contributed by atoms with Crippen molar-refractivity contribution in [1.82, 2.24) is 5.32 Å². The van der Waals surface area contributed by atoms with E-state index in [9.17, 15) is 14.4 Å². The van der Waals surface area contributed by atoms with Crippen LogP contribution >= 0.6 is 0 Å². The molecule has 3 rings (SSSR count). The largest absolute Gasteiger partial charge is 0.497 e. The summed E-state index contributed by atoms with van der Waals surface area (Å²) >= 11 is 0. The number of rotatable bonds is 5. The van der Waals surface area contributed by atoms with Crippen molar-refractivity contribution in [2.24, 2.45) is 10.9 Å². The molecule has 0 saturated carbocycles. The van der Waals surface area contributed by atoms with Gasteiger partial charge in [0.2, 0.25) is 5.91 Å². The Labute approximate surface area is 144 Å². The normalized spacial score (nSPS) is 24.0. The van der Waals surface area contributed by atoms with Crippen molar-refractivity contribution in [3.63, 3.8) is 0 Å². The van der Waals surface area contributed by atoms with Crippen LogP contribution in [-0.2, 0) is 14.3 Å². The van der Waals surface area contributed by atoms with Gasteiger partial charge in [-0.2, -0.15) is 0 Å². The lowest BCUT2D eigenvalue weighted by atomic mass is 10.1. The molecular formula is C17H19N3O5. The fourth-order valence-electron chi connectivity index (χ4n) is 2.79. The molecule has 0 aliphatic carbocycles. The van der Waals surface area contributed by atoms with E-state index in [1.165, 1.54) is 13.3 Å². The van der Waals surface area contributed by atoms with Gasteiger partial charge in [0.15, 0.2) is 5.92 Å². The first kappa shape index (κ1) is 17.1. The number of carbonyl (C=O) groups is 3. The number of hydrogen-bond donors (Lipinski definition) is 1. The highest BCUT2D eigenvalue weighted by Gasteiger charge is 2.40. The Kier molecular flexibility index (Phi) is 5.08. The SMILES string of the molecule is COc1cccc(N2C(=O)NC(=O)[C@H](C=NC[C@@H]3CCCO3)C2=O)c1. The van der Waals surface area contributed by atoms with Crippen LogP contribution < -0.4 is 15.0 Å². The Morgan fingerprint density at radius 2 is 2.24 bits per heavy atom. The van der Waals surface area contributed by atoms with Gasteiger partial charge < -0.3 is 9.47 Å². The predicted molar refractivity (Wildman–Crippen MR) is 89.8 cm³/mol. The standard InChI is InChI=1S/C17H19N3O5/c1-24-12-5-2-4-11(8-12)20-16(22)14(15(21)19-17(20)23)10-18-9-13-6-3-7-25-13/h2,4-5,8,10,13-14H,3,6-7,9H2,1H3,(H,19,21,23)/t13-,14-/m0/s1. The van der Waals surface area contributed by atoms with E-state index in [1.807, 2.05) is 0 Å². The number of nitrogens with one attached hydrogen (secondary N) is 1. The molecule has 0 bridgehead atoms. The van der Waals surface area contributed by atoms with Crippen LogP contribution in [0.4, 0.5) is 10.5 Å². The number of hydrogen-bond acceptors (Lipinski definition) is 6. The lowest BCUT2D eigenvalue weighted by Crippen LogP contribution is -2.58. The third-order valence-corrected chi connectivity index (χ3v) is 4.10. The van der Waals surface area contributed by atoms with Crippen molar-refractivity contribution in [3.05, 3.63) is 24.3 Å². The van der Waals surface area contributed by atoms with Gasteiger partial charge in [0.25, 0.3) is 5.91 Å². The quantitative estimate of drug-likeness (QED) is 0.638. The van der Waals surface area contributed by atoms with E-state index in [4.69, 9.17) is 9.47 Å². The lowest BCUT2D eigenvalue weighted by molar-refractivity contribution is -0.131. The van der Waals surface area contributed by atoms with Crippen LogP contribution in [0.5, 0.6) is 5.75 Å². The Morgan fingerprint density at radius 1 is 1.40 bits per heavy atom. The van der Waals surface area contributed by atoms with Crippen LogP contribution in [0.2, 0.25) is 0 Å². The summed E-state index contributed by atoms with van der Waals surface area (Å²) in [6.07, 6.45) is 3.21. The van der Waals surface area contributed by atoms with Crippen LogP contribution in [0.1, 0.15) is 12.8 Å². The third-order valence-electron chi connectivity index (χ3n) is 4.10. The number of aliphatic imine (C=N–C) groups is 1. The van der Waals surface area contributed by atoms with Gasteiger partial charge in [-0.05, 0) is 25.0 Å². The fourth-order valence-corrected chi connectivity index (χ4v) is 2.79. The molecule has 1 N–H and O–H groups in total. The summed E-state index contributed by atoms with van der Waals surface area (Å²) in [4.78, 5) is 41.9. The highest BCUT2D eigenvalue weighted by atomic mass is 16.5. The Hall–Kier alpha value is -2.74. The molecule has 2 atom stereocenters. The van der Waals surface area contributed by atoms with Crippen LogP contribution in [0.25, 0.3) is 0 Å². The molecular weight excluding hydrogens is 326 g/mol. The van der Waals surface area contributed by atoms with Gasteiger partial charge in [0.05, 0.1) is 25.4 Å². The van der Waals surface area contributed by atoms with E-state index in [1.54, 1.807) is 24.3 Å². The molecule has 2 aliphatic rings. The van der Waals surface area contributed by atoms with Gasteiger partial charge in [0, 0.05) is 18.9 Å². The number of carbonyl (C=O) groups excluding carboxylic acids is 3. The summed E-state index contributed by atoms with van der Waals surface area (Å²) in [6, 6.07) is 5.71. The lowest BCUT2D eigenvalue weighted by Gasteiger charge is -2.28. The Bertz CT molecular complexity index is 712. The van der Waals surface area contributed by atoms with E-state index in [-0.39, 0.29) is 6.10 Å². The minimum Gasteiger partial charge on any atom is -0.497 e. The number of benzene rings is 1. The number of imide groups is 2. The second kappa shape index (κ2) is 7.43. The Balaban J connectivity index is 1.77. The molecule has 0 aromatic heterocycles. The average molecular weight is 345 g/mol. The molecule has 2 heterocycles. The minimum atomic E-state index is -1.15. The number of amides is 4. The highest BCUT2D eigenvalue weighted by molar-refractivity contribution is 6.32. The molecule has 1 aromatic carbocycles. The number of anilines is 1. The fraction of sp³-hybridized carbons (Fsp3) is 0.412. The summed E-state index contributed by atoms with van der Waals surface area (Å²) in [5.41, 5.74) is 0.326. The summed E-state index contributed by atoms with van der Waals surface area (Å²) in [5.74, 6) is -1.97. The number of urea groups is 1. The maximum atomic E-state index is 12.7. The van der Waals surface area contributed by atoms with Crippen molar-refractivity contribution < 1.29 is 23.9 Å². The summed E-state index contributed by atoms with van der Waals surface area (Å²) < 4.78 is 10.6. The second-order valence-electron chi connectivity index (χ2n) is 5.80. The third kappa shape index (κ3) is 3.69. The molecule has 2 aliphatic heterocycles. The van der Waals surface area contributed by atoms with Crippen molar-refractivity contribution in [2.75, 3.05) is 25.2 Å². The van der Waals surface area contributed by atoms with E-state index in [0.717, 1.165) is 17.7 Å². The van der Waals surface area contributed by atoms with Gasteiger partial charge in [-0.1, -0.05) is 6.07 Å². The number of nitrogens with zero attached hydrogens (tertiary/aromatic N) is 2. The zero-order chi connectivity index (χ0) is 17.8. The zero-order valence-electron chi connectivity index (χ0n) is 13.8. The summed E-state index contributed by atoms with van der Waals surface area (Å²) in [5, 5.41) is 2.19. The average Bonchev–Trinajstić information content (AvgIpc) is 3.11. The number of ether oxygens (including phenoxy) is 2. The van der Waals surface area contributed by atoms with E-state index < -0.39 is 23.8 Å². The number of barbiturate groups is 1.